The number of rotatable bonds is 5. The zero-order chi connectivity index (χ0) is 19.5. The highest BCUT2D eigenvalue weighted by atomic mass is 19.2. The van der Waals surface area contributed by atoms with E-state index in [1.54, 1.807) is 24.3 Å². The second-order valence-electron chi connectivity index (χ2n) is 6.40. The van der Waals surface area contributed by atoms with Crippen molar-refractivity contribution < 1.29 is 23.0 Å². The molecule has 0 bridgehead atoms. The highest BCUT2D eigenvalue weighted by molar-refractivity contribution is 5.96. The number of carbonyl (C=O) groups excluding carboxylic acids is 1. The quantitative estimate of drug-likeness (QED) is 0.670. The van der Waals surface area contributed by atoms with Gasteiger partial charge in [0.2, 0.25) is 0 Å². The fraction of sp³-hybridized carbons (Fsp3) is 0.250. The van der Waals surface area contributed by atoms with E-state index in [0.717, 1.165) is 25.0 Å². The second kappa shape index (κ2) is 7.85. The second-order valence-corrected chi connectivity index (χ2v) is 6.40. The molecular formula is C20H17F2N3O3. The lowest BCUT2D eigenvalue weighted by Crippen LogP contribution is -2.19. The molecule has 1 unspecified atom stereocenters. The molecule has 144 valence electrons. The van der Waals surface area contributed by atoms with E-state index in [1.807, 2.05) is 0 Å². The summed E-state index contributed by atoms with van der Waals surface area (Å²) in [5.41, 5.74) is 1.25. The number of benzene rings is 2. The first-order chi connectivity index (χ1) is 13.6. The minimum atomic E-state index is -1.01. The van der Waals surface area contributed by atoms with Gasteiger partial charge < -0.3 is 14.8 Å². The van der Waals surface area contributed by atoms with Gasteiger partial charge in [-0.2, -0.15) is 0 Å². The van der Waals surface area contributed by atoms with Gasteiger partial charge in [-0.3, -0.25) is 0 Å². The van der Waals surface area contributed by atoms with Gasteiger partial charge in [-0.05, 0) is 37.1 Å². The molecule has 2 aromatic carbocycles. The third-order valence-corrected chi connectivity index (χ3v) is 4.37. The van der Waals surface area contributed by atoms with Gasteiger partial charge in [-0.15, -0.1) is 0 Å². The molecule has 3 aromatic rings. The predicted octanol–water partition coefficient (Wildman–Crippen LogP) is 3.99. The number of fused-ring (bicyclic) bond motifs is 1. The van der Waals surface area contributed by atoms with Crippen LogP contribution in [0.4, 0.5) is 20.3 Å². The number of aromatic nitrogens is 2. The molecule has 1 aromatic heterocycles. The van der Waals surface area contributed by atoms with Crippen LogP contribution in [-0.4, -0.2) is 35.3 Å². The molecule has 1 N–H and O–H groups in total. The van der Waals surface area contributed by atoms with Crippen LogP contribution in [0.15, 0.2) is 42.5 Å². The van der Waals surface area contributed by atoms with Crippen molar-refractivity contribution >= 4 is 28.5 Å². The van der Waals surface area contributed by atoms with E-state index in [1.165, 1.54) is 6.07 Å². The smallest absolute Gasteiger partial charge is 0.360 e. The summed E-state index contributed by atoms with van der Waals surface area (Å²) in [4.78, 5) is 21.4. The van der Waals surface area contributed by atoms with Crippen LogP contribution in [0.5, 0.6) is 0 Å². The minimum absolute atomic E-state index is 0.0403. The number of anilines is 2. The van der Waals surface area contributed by atoms with Crippen LogP contribution >= 0.6 is 0 Å². The maximum Gasteiger partial charge on any atom is 0.360 e. The summed E-state index contributed by atoms with van der Waals surface area (Å²) in [6, 6.07) is 10.3. The first-order valence-electron chi connectivity index (χ1n) is 8.88. The van der Waals surface area contributed by atoms with Crippen LogP contribution in [0.25, 0.3) is 11.0 Å². The number of hydrogen-bond donors (Lipinski definition) is 1. The van der Waals surface area contributed by atoms with E-state index < -0.39 is 17.6 Å². The Morgan fingerprint density at radius 2 is 1.93 bits per heavy atom. The molecule has 1 aliphatic rings. The molecule has 8 heteroatoms. The predicted molar refractivity (Wildman–Crippen MR) is 98.4 cm³/mol. The Bertz CT molecular complexity index is 1020. The Hall–Kier alpha value is -3.13. The van der Waals surface area contributed by atoms with Gasteiger partial charge in [0.25, 0.3) is 0 Å². The Morgan fingerprint density at radius 1 is 1.14 bits per heavy atom. The number of hydrogen-bond acceptors (Lipinski definition) is 6. The first kappa shape index (κ1) is 18.2. The fourth-order valence-electron chi connectivity index (χ4n) is 2.95. The van der Waals surface area contributed by atoms with E-state index in [2.05, 4.69) is 15.3 Å². The number of halogens is 2. The van der Waals surface area contributed by atoms with E-state index >= 15 is 0 Å². The maximum atomic E-state index is 13.5. The van der Waals surface area contributed by atoms with E-state index in [0.29, 0.717) is 17.6 Å². The van der Waals surface area contributed by atoms with E-state index in [4.69, 9.17) is 9.47 Å². The first-order valence-corrected chi connectivity index (χ1v) is 8.88. The molecule has 1 fully saturated rings. The molecule has 0 saturated carbocycles. The topological polar surface area (TPSA) is 73.3 Å². The van der Waals surface area contributed by atoms with Crippen LogP contribution in [0.1, 0.15) is 23.3 Å². The molecule has 1 saturated heterocycles. The Balaban J connectivity index is 1.65. The molecule has 0 amide bonds. The monoisotopic (exact) mass is 385 g/mol. The molecule has 0 aliphatic carbocycles. The number of ether oxygens (including phenoxy) is 2. The third kappa shape index (κ3) is 3.91. The lowest BCUT2D eigenvalue weighted by Gasteiger charge is -2.13. The highest BCUT2D eigenvalue weighted by Gasteiger charge is 2.22. The highest BCUT2D eigenvalue weighted by Crippen LogP contribution is 2.23. The molecular weight excluding hydrogens is 368 g/mol. The van der Waals surface area contributed by atoms with Gasteiger partial charge in [-0.25, -0.2) is 23.5 Å². The van der Waals surface area contributed by atoms with Gasteiger partial charge in [0, 0.05) is 18.4 Å². The fourth-order valence-corrected chi connectivity index (χ4v) is 2.95. The zero-order valence-corrected chi connectivity index (χ0v) is 14.8. The largest absolute Gasteiger partial charge is 0.458 e. The van der Waals surface area contributed by atoms with Crippen molar-refractivity contribution in [1.29, 1.82) is 0 Å². The third-order valence-electron chi connectivity index (χ3n) is 4.37. The molecule has 0 spiro atoms. The summed E-state index contributed by atoms with van der Waals surface area (Å²) in [7, 11) is 0. The molecule has 28 heavy (non-hydrogen) atoms. The SMILES string of the molecule is O=C(OCC1CCCO1)c1nc2ccccc2nc1Nc1ccc(F)c(F)c1. The van der Waals surface area contributed by atoms with Crippen molar-refractivity contribution in [3.05, 3.63) is 59.8 Å². The van der Waals surface area contributed by atoms with Gasteiger partial charge in [0.15, 0.2) is 23.1 Å². The lowest BCUT2D eigenvalue weighted by atomic mass is 10.2. The standard InChI is InChI=1S/C20H17F2N3O3/c21-14-8-7-12(10-15(14)22)23-19-18(20(26)28-11-13-4-3-9-27-13)24-16-5-1-2-6-17(16)25-19/h1-2,5-8,10,13H,3-4,9,11H2,(H,23,25). The summed E-state index contributed by atoms with van der Waals surface area (Å²) >= 11 is 0. The van der Waals surface area contributed by atoms with Crippen molar-refractivity contribution in [2.75, 3.05) is 18.5 Å². The summed E-state index contributed by atoms with van der Waals surface area (Å²) in [5, 5.41) is 2.83. The van der Waals surface area contributed by atoms with Crippen molar-refractivity contribution in [3.8, 4) is 0 Å². The summed E-state index contributed by atoms with van der Waals surface area (Å²) in [5.74, 6) is -2.55. The average molecular weight is 385 g/mol. The van der Waals surface area contributed by atoms with Crippen LogP contribution in [-0.2, 0) is 9.47 Å². The van der Waals surface area contributed by atoms with E-state index in [9.17, 15) is 13.6 Å². The van der Waals surface area contributed by atoms with Crippen LogP contribution in [0.2, 0.25) is 0 Å². The normalized spacial score (nSPS) is 16.3. The van der Waals surface area contributed by atoms with Crippen LogP contribution < -0.4 is 5.32 Å². The van der Waals surface area contributed by atoms with Crippen LogP contribution in [0.3, 0.4) is 0 Å². The Kier molecular flexibility index (Phi) is 5.12. The molecule has 0 radical (unpaired) electrons. The van der Waals surface area contributed by atoms with Crippen LogP contribution in [0, 0.1) is 11.6 Å². The number of nitrogens with one attached hydrogen (secondary N) is 1. The maximum absolute atomic E-state index is 13.5. The van der Waals surface area contributed by atoms with Gasteiger partial charge >= 0.3 is 5.97 Å². The minimum Gasteiger partial charge on any atom is -0.458 e. The van der Waals surface area contributed by atoms with Gasteiger partial charge in [0.05, 0.1) is 17.1 Å². The Morgan fingerprint density at radius 3 is 2.64 bits per heavy atom. The molecule has 1 aliphatic heterocycles. The number of para-hydroxylation sites is 2. The molecule has 4 rings (SSSR count). The molecule has 1 atom stereocenters. The van der Waals surface area contributed by atoms with Crippen molar-refractivity contribution in [3.63, 3.8) is 0 Å². The van der Waals surface area contributed by atoms with Crippen molar-refractivity contribution in [1.82, 2.24) is 9.97 Å². The lowest BCUT2D eigenvalue weighted by molar-refractivity contribution is 0.0157. The van der Waals surface area contributed by atoms with Crippen molar-refractivity contribution in [2.24, 2.45) is 0 Å². The molecule has 2 heterocycles. The summed E-state index contributed by atoms with van der Waals surface area (Å²) in [6.07, 6.45) is 1.64. The zero-order valence-electron chi connectivity index (χ0n) is 14.8. The van der Waals surface area contributed by atoms with Gasteiger partial charge in [0.1, 0.15) is 6.61 Å². The number of carbonyl (C=O) groups is 1. The van der Waals surface area contributed by atoms with Crippen molar-refractivity contribution in [2.45, 2.75) is 18.9 Å². The Labute approximate surface area is 159 Å². The molecule has 6 nitrogen and oxygen atoms in total. The summed E-state index contributed by atoms with van der Waals surface area (Å²) in [6.45, 7) is 0.777. The average Bonchev–Trinajstić information content (AvgIpc) is 3.22. The summed E-state index contributed by atoms with van der Waals surface area (Å²) < 4.78 is 37.5. The number of nitrogens with zero attached hydrogens (tertiary/aromatic N) is 2. The van der Waals surface area contributed by atoms with E-state index in [-0.39, 0.29) is 29.9 Å². The number of esters is 1. The van der Waals surface area contributed by atoms with Gasteiger partial charge in [-0.1, -0.05) is 12.1 Å².